The van der Waals surface area contributed by atoms with Crippen molar-refractivity contribution in [2.24, 2.45) is 0 Å². The van der Waals surface area contributed by atoms with Crippen molar-refractivity contribution < 1.29 is 19.4 Å². The highest BCUT2D eigenvalue weighted by Crippen LogP contribution is 2.29. The van der Waals surface area contributed by atoms with Gasteiger partial charge in [-0.1, -0.05) is 48.5 Å². The monoisotopic (exact) mass is 341 g/mol. The molecule has 2 N–H and O–H groups in total. The summed E-state index contributed by atoms with van der Waals surface area (Å²) in [5.74, 6) is -0.676. The molecular formula is C20H23NO4. The molecular weight excluding hydrogens is 318 g/mol. The first-order valence-electron chi connectivity index (χ1n) is 8.09. The largest absolute Gasteiger partial charge is 0.496 e. The maximum Gasteiger partial charge on any atom is 0.314 e. The van der Waals surface area contributed by atoms with Gasteiger partial charge in [0.2, 0.25) is 5.91 Å². The molecule has 0 radical (unpaired) electrons. The van der Waals surface area contributed by atoms with E-state index < -0.39 is 11.4 Å². The number of hydrogen-bond acceptors (Lipinski definition) is 3. The lowest BCUT2D eigenvalue weighted by atomic mass is 9.79. The van der Waals surface area contributed by atoms with Gasteiger partial charge in [-0.2, -0.15) is 0 Å². The third-order valence-corrected chi connectivity index (χ3v) is 4.38. The Morgan fingerprint density at radius 2 is 1.72 bits per heavy atom. The fraction of sp³-hybridized carbons (Fsp3) is 0.300. The first kappa shape index (κ1) is 18.5. The van der Waals surface area contributed by atoms with Crippen molar-refractivity contribution in [3.8, 4) is 5.75 Å². The van der Waals surface area contributed by atoms with Gasteiger partial charge in [-0.05, 0) is 25.5 Å². The topological polar surface area (TPSA) is 75.6 Å². The number of carbonyl (C=O) groups is 2. The van der Waals surface area contributed by atoms with E-state index in [9.17, 15) is 14.7 Å². The number of amides is 1. The zero-order valence-corrected chi connectivity index (χ0v) is 14.7. The Morgan fingerprint density at radius 1 is 1.12 bits per heavy atom. The molecule has 0 bridgehead atoms. The Labute approximate surface area is 147 Å². The number of carboxylic acids is 1. The Bertz CT molecular complexity index is 744. The van der Waals surface area contributed by atoms with Gasteiger partial charge in [-0.25, -0.2) is 0 Å². The lowest BCUT2D eigenvalue weighted by molar-refractivity contribution is -0.145. The molecule has 0 aliphatic rings. The van der Waals surface area contributed by atoms with Gasteiger partial charge in [0.1, 0.15) is 5.75 Å². The van der Waals surface area contributed by atoms with Crippen LogP contribution in [-0.2, 0) is 15.0 Å². The number of methoxy groups -OCH3 is 1. The Morgan fingerprint density at radius 3 is 2.32 bits per heavy atom. The molecule has 2 atom stereocenters. The summed E-state index contributed by atoms with van der Waals surface area (Å²) in [4.78, 5) is 24.3. The number of rotatable bonds is 7. The van der Waals surface area contributed by atoms with Crippen molar-refractivity contribution >= 4 is 11.9 Å². The van der Waals surface area contributed by atoms with E-state index in [1.54, 1.807) is 38.3 Å². The molecule has 5 heteroatoms. The number of ether oxygens (including phenoxy) is 1. The normalized spacial score (nSPS) is 14.2. The summed E-state index contributed by atoms with van der Waals surface area (Å²) in [5, 5.41) is 12.5. The molecule has 1 amide bonds. The van der Waals surface area contributed by atoms with E-state index in [4.69, 9.17) is 4.74 Å². The molecule has 0 saturated heterocycles. The van der Waals surface area contributed by atoms with Crippen LogP contribution in [-0.4, -0.2) is 24.1 Å². The van der Waals surface area contributed by atoms with E-state index in [1.807, 2.05) is 37.3 Å². The van der Waals surface area contributed by atoms with Gasteiger partial charge in [0.15, 0.2) is 0 Å². The standard InChI is InChI=1S/C20H23NO4/c1-14(16-11-7-8-12-17(16)25-3)21-18(22)13-20(2,19(23)24)15-9-5-4-6-10-15/h4-12,14H,13H2,1-3H3,(H,21,22)(H,23,24)/t14-,20-/m0/s1. The molecule has 2 aromatic rings. The molecule has 0 spiro atoms. The average Bonchev–Trinajstić information content (AvgIpc) is 2.61. The summed E-state index contributed by atoms with van der Waals surface area (Å²) < 4.78 is 5.31. The van der Waals surface area contributed by atoms with Crippen molar-refractivity contribution in [1.29, 1.82) is 0 Å². The van der Waals surface area contributed by atoms with Gasteiger partial charge < -0.3 is 15.2 Å². The summed E-state index contributed by atoms with van der Waals surface area (Å²) >= 11 is 0. The summed E-state index contributed by atoms with van der Waals surface area (Å²) in [6.45, 7) is 3.41. The van der Waals surface area contributed by atoms with Gasteiger partial charge in [0.25, 0.3) is 0 Å². The van der Waals surface area contributed by atoms with Crippen LogP contribution in [0.1, 0.15) is 37.4 Å². The second kappa shape index (κ2) is 7.83. The molecule has 25 heavy (non-hydrogen) atoms. The summed E-state index contributed by atoms with van der Waals surface area (Å²) in [6, 6.07) is 15.9. The van der Waals surface area contributed by atoms with Crippen molar-refractivity contribution in [3.63, 3.8) is 0 Å². The van der Waals surface area contributed by atoms with Crippen LogP contribution in [0.2, 0.25) is 0 Å². The molecule has 0 aromatic heterocycles. The van der Waals surface area contributed by atoms with Crippen LogP contribution < -0.4 is 10.1 Å². The number of benzene rings is 2. The van der Waals surface area contributed by atoms with Crippen LogP contribution in [0, 0.1) is 0 Å². The number of hydrogen-bond donors (Lipinski definition) is 2. The van der Waals surface area contributed by atoms with E-state index in [0.717, 1.165) is 5.56 Å². The molecule has 5 nitrogen and oxygen atoms in total. The van der Waals surface area contributed by atoms with Crippen LogP contribution >= 0.6 is 0 Å². The highest BCUT2D eigenvalue weighted by molar-refractivity contribution is 5.89. The highest BCUT2D eigenvalue weighted by atomic mass is 16.5. The second-order valence-electron chi connectivity index (χ2n) is 6.21. The SMILES string of the molecule is COc1ccccc1[C@H](C)NC(=O)C[C@](C)(C(=O)O)c1ccccc1. The molecule has 0 unspecified atom stereocenters. The number of carboxylic acid groups (broad SMARTS) is 1. The summed E-state index contributed by atoms with van der Waals surface area (Å²) in [6.07, 6.45) is -0.147. The molecule has 0 aliphatic carbocycles. The average molecular weight is 341 g/mol. The van der Waals surface area contributed by atoms with Crippen LogP contribution in [0.15, 0.2) is 54.6 Å². The summed E-state index contributed by atoms with van der Waals surface area (Å²) in [7, 11) is 1.57. The molecule has 0 saturated carbocycles. The molecule has 2 rings (SSSR count). The smallest absolute Gasteiger partial charge is 0.314 e. The van der Waals surface area contributed by atoms with Crippen LogP contribution in [0.25, 0.3) is 0 Å². The van der Waals surface area contributed by atoms with E-state index >= 15 is 0 Å². The van der Waals surface area contributed by atoms with E-state index in [0.29, 0.717) is 11.3 Å². The van der Waals surface area contributed by atoms with Crippen molar-refractivity contribution in [2.45, 2.75) is 31.7 Å². The van der Waals surface area contributed by atoms with Gasteiger partial charge >= 0.3 is 5.97 Å². The molecule has 0 fully saturated rings. The zero-order valence-electron chi connectivity index (χ0n) is 14.7. The molecule has 132 valence electrons. The minimum absolute atomic E-state index is 0.147. The minimum atomic E-state index is -1.29. The third-order valence-electron chi connectivity index (χ3n) is 4.38. The Kier molecular flexibility index (Phi) is 5.80. The van der Waals surface area contributed by atoms with Crippen molar-refractivity contribution in [2.75, 3.05) is 7.11 Å². The third kappa shape index (κ3) is 4.18. The van der Waals surface area contributed by atoms with E-state index in [2.05, 4.69) is 5.32 Å². The number of carbonyl (C=O) groups excluding carboxylic acids is 1. The first-order chi connectivity index (χ1) is 11.9. The van der Waals surface area contributed by atoms with Gasteiger partial charge in [0, 0.05) is 12.0 Å². The van der Waals surface area contributed by atoms with Crippen LogP contribution in [0.3, 0.4) is 0 Å². The predicted octanol–water partition coefficient (Wildman–Crippen LogP) is 3.31. The maximum absolute atomic E-state index is 12.5. The van der Waals surface area contributed by atoms with E-state index in [1.165, 1.54) is 0 Å². The number of aliphatic carboxylic acids is 1. The van der Waals surface area contributed by atoms with E-state index in [-0.39, 0.29) is 18.4 Å². The molecule has 0 aliphatic heterocycles. The zero-order chi connectivity index (χ0) is 18.4. The second-order valence-corrected chi connectivity index (χ2v) is 6.21. The Balaban J connectivity index is 2.16. The number of para-hydroxylation sites is 1. The lowest BCUT2D eigenvalue weighted by Gasteiger charge is -2.26. The molecule has 2 aromatic carbocycles. The quantitative estimate of drug-likeness (QED) is 0.810. The fourth-order valence-corrected chi connectivity index (χ4v) is 2.82. The van der Waals surface area contributed by atoms with Crippen LogP contribution in [0.5, 0.6) is 5.75 Å². The molecule has 0 heterocycles. The Hall–Kier alpha value is -2.82. The van der Waals surface area contributed by atoms with Crippen LogP contribution in [0.4, 0.5) is 0 Å². The number of nitrogens with one attached hydrogen (secondary N) is 1. The van der Waals surface area contributed by atoms with Gasteiger partial charge in [-0.3, -0.25) is 9.59 Å². The maximum atomic E-state index is 12.5. The van der Waals surface area contributed by atoms with Crippen molar-refractivity contribution in [1.82, 2.24) is 5.32 Å². The lowest BCUT2D eigenvalue weighted by Crippen LogP contribution is -2.39. The van der Waals surface area contributed by atoms with Crippen molar-refractivity contribution in [3.05, 3.63) is 65.7 Å². The highest BCUT2D eigenvalue weighted by Gasteiger charge is 2.37. The van der Waals surface area contributed by atoms with Gasteiger partial charge in [-0.15, -0.1) is 0 Å². The predicted molar refractivity (Wildman–Crippen MR) is 95.6 cm³/mol. The van der Waals surface area contributed by atoms with Gasteiger partial charge in [0.05, 0.1) is 18.6 Å². The first-order valence-corrected chi connectivity index (χ1v) is 8.09. The minimum Gasteiger partial charge on any atom is -0.496 e. The fourth-order valence-electron chi connectivity index (χ4n) is 2.82. The summed E-state index contributed by atoms with van der Waals surface area (Å²) in [5.41, 5.74) is 0.156.